The van der Waals surface area contributed by atoms with Crippen molar-refractivity contribution in [3.63, 3.8) is 0 Å². The van der Waals surface area contributed by atoms with Gasteiger partial charge in [-0.05, 0) is 43.0 Å². The number of carboxylic acids is 1. The number of nitrogens with one attached hydrogen (secondary N) is 4. The number of fused-ring (bicyclic) bond motifs is 3. The molecule has 2 aromatic carbocycles. The lowest BCUT2D eigenvalue weighted by Gasteiger charge is -2.20. The van der Waals surface area contributed by atoms with E-state index in [1.807, 2.05) is 48.5 Å². The number of benzene rings is 2. The van der Waals surface area contributed by atoms with Gasteiger partial charge in [0.2, 0.25) is 17.7 Å². The molecule has 3 atom stereocenters. The van der Waals surface area contributed by atoms with Crippen LogP contribution in [-0.4, -0.2) is 66.2 Å². The standard InChI is InChI=1S/C26H30N4O7/c1-14(23(33)27-12-22(31)32)28-24(34)15(2)29-25(35)16(3)30-26(36)37-13-21-19-10-6-4-8-17(19)18-9-5-7-11-20(18)21/h4-11,14-16,21H,12-13H2,1-3H3,(H,27,33)(H,28,34)(H,29,35)(H,30,36)(H,31,32)/t14-,15+,16-/m0/s1. The van der Waals surface area contributed by atoms with Crippen LogP contribution in [0.1, 0.15) is 37.8 Å². The quantitative estimate of drug-likeness (QED) is 0.320. The molecule has 0 aromatic heterocycles. The van der Waals surface area contributed by atoms with Crippen LogP contribution in [0.2, 0.25) is 0 Å². The smallest absolute Gasteiger partial charge is 0.407 e. The van der Waals surface area contributed by atoms with E-state index in [1.165, 1.54) is 20.8 Å². The number of ether oxygens (including phenoxy) is 1. The first kappa shape index (κ1) is 27.2. The van der Waals surface area contributed by atoms with Crippen molar-refractivity contribution >= 4 is 29.8 Å². The SMILES string of the molecule is C[C@H](NC(=O)OCC1c2ccccc2-c2ccccc21)C(=O)N[C@H](C)C(=O)N[C@@H](C)C(=O)NCC(=O)O. The van der Waals surface area contributed by atoms with Crippen LogP contribution >= 0.6 is 0 Å². The van der Waals surface area contributed by atoms with Gasteiger partial charge in [-0.15, -0.1) is 0 Å². The Hall–Kier alpha value is -4.41. The first-order valence-corrected chi connectivity index (χ1v) is 11.8. The van der Waals surface area contributed by atoms with Gasteiger partial charge in [-0.2, -0.15) is 0 Å². The van der Waals surface area contributed by atoms with Crippen LogP contribution in [0.4, 0.5) is 4.79 Å². The summed E-state index contributed by atoms with van der Waals surface area (Å²) in [5.41, 5.74) is 4.32. The molecule has 0 heterocycles. The molecule has 0 saturated heterocycles. The van der Waals surface area contributed by atoms with Crippen molar-refractivity contribution in [2.45, 2.75) is 44.8 Å². The molecule has 0 unspecified atom stereocenters. The molecule has 1 aliphatic rings. The number of rotatable bonds is 10. The van der Waals surface area contributed by atoms with Gasteiger partial charge in [0.25, 0.3) is 0 Å². The van der Waals surface area contributed by atoms with Gasteiger partial charge in [-0.25, -0.2) is 4.79 Å². The third-order valence-corrected chi connectivity index (χ3v) is 5.99. The Bertz CT molecular complexity index is 1150. The molecule has 0 saturated carbocycles. The van der Waals surface area contributed by atoms with E-state index < -0.39 is 54.5 Å². The largest absolute Gasteiger partial charge is 0.480 e. The van der Waals surface area contributed by atoms with E-state index in [9.17, 15) is 24.0 Å². The highest BCUT2D eigenvalue weighted by Crippen LogP contribution is 2.44. The van der Waals surface area contributed by atoms with Crippen molar-refractivity contribution in [1.82, 2.24) is 21.3 Å². The molecule has 0 spiro atoms. The molecule has 196 valence electrons. The van der Waals surface area contributed by atoms with Crippen molar-refractivity contribution in [2.24, 2.45) is 0 Å². The number of carbonyl (C=O) groups excluding carboxylic acids is 4. The Morgan fingerprint density at radius 1 is 0.757 bits per heavy atom. The second-order valence-corrected chi connectivity index (χ2v) is 8.76. The zero-order valence-corrected chi connectivity index (χ0v) is 20.7. The van der Waals surface area contributed by atoms with Crippen molar-refractivity contribution < 1.29 is 33.8 Å². The predicted octanol–water partition coefficient (Wildman–Crippen LogP) is 1.12. The first-order chi connectivity index (χ1) is 17.6. The van der Waals surface area contributed by atoms with E-state index >= 15 is 0 Å². The van der Waals surface area contributed by atoms with Crippen LogP contribution in [0, 0.1) is 0 Å². The number of carbonyl (C=O) groups is 5. The first-order valence-electron chi connectivity index (χ1n) is 11.8. The van der Waals surface area contributed by atoms with E-state index in [0.717, 1.165) is 22.3 Å². The van der Waals surface area contributed by atoms with Crippen molar-refractivity contribution in [2.75, 3.05) is 13.2 Å². The zero-order chi connectivity index (χ0) is 27.1. The Labute approximate surface area is 214 Å². The molecule has 0 aliphatic heterocycles. The summed E-state index contributed by atoms with van der Waals surface area (Å²) in [5.74, 6) is -3.30. The number of alkyl carbamates (subject to hydrolysis) is 1. The monoisotopic (exact) mass is 510 g/mol. The molecule has 4 amide bonds. The lowest BCUT2D eigenvalue weighted by atomic mass is 9.98. The molecule has 0 radical (unpaired) electrons. The molecule has 1 aliphatic carbocycles. The highest BCUT2D eigenvalue weighted by atomic mass is 16.5. The summed E-state index contributed by atoms with van der Waals surface area (Å²) in [6, 6.07) is 12.8. The fraction of sp³-hybridized carbons (Fsp3) is 0.346. The highest BCUT2D eigenvalue weighted by Gasteiger charge is 2.30. The average Bonchev–Trinajstić information content (AvgIpc) is 3.19. The Balaban J connectivity index is 1.47. The van der Waals surface area contributed by atoms with E-state index in [1.54, 1.807) is 0 Å². The third-order valence-electron chi connectivity index (χ3n) is 5.99. The number of amides is 4. The minimum absolute atomic E-state index is 0.0921. The van der Waals surface area contributed by atoms with Gasteiger partial charge in [0.05, 0.1) is 0 Å². The molecule has 5 N–H and O–H groups in total. The van der Waals surface area contributed by atoms with Gasteiger partial charge in [0, 0.05) is 5.92 Å². The summed E-state index contributed by atoms with van der Waals surface area (Å²) in [5, 5.41) is 18.1. The summed E-state index contributed by atoms with van der Waals surface area (Å²) in [4.78, 5) is 59.5. The minimum atomic E-state index is -1.22. The fourth-order valence-corrected chi connectivity index (χ4v) is 4.01. The Morgan fingerprint density at radius 2 is 1.22 bits per heavy atom. The minimum Gasteiger partial charge on any atom is -0.480 e. The summed E-state index contributed by atoms with van der Waals surface area (Å²) >= 11 is 0. The molecule has 11 nitrogen and oxygen atoms in total. The average molecular weight is 511 g/mol. The van der Waals surface area contributed by atoms with Crippen LogP contribution in [0.25, 0.3) is 11.1 Å². The Morgan fingerprint density at radius 3 is 1.73 bits per heavy atom. The van der Waals surface area contributed by atoms with Crippen molar-refractivity contribution in [1.29, 1.82) is 0 Å². The molecule has 0 fully saturated rings. The second-order valence-electron chi connectivity index (χ2n) is 8.76. The van der Waals surface area contributed by atoms with E-state index in [4.69, 9.17) is 9.84 Å². The van der Waals surface area contributed by atoms with Gasteiger partial charge >= 0.3 is 12.1 Å². The maximum atomic E-state index is 12.5. The highest BCUT2D eigenvalue weighted by molar-refractivity contribution is 5.93. The lowest BCUT2D eigenvalue weighted by Crippen LogP contribution is -2.54. The summed E-state index contributed by atoms with van der Waals surface area (Å²) in [6.07, 6.45) is -0.773. The summed E-state index contributed by atoms with van der Waals surface area (Å²) in [6.45, 7) is 3.75. The lowest BCUT2D eigenvalue weighted by molar-refractivity contribution is -0.138. The molecule has 0 bridgehead atoms. The topological polar surface area (TPSA) is 163 Å². The number of hydrogen-bond acceptors (Lipinski definition) is 6. The predicted molar refractivity (Wildman–Crippen MR) is 134 cm³/mol. The third kappa shape index (κ3) is 6.84. The van der Waals surface area contributed by atoms with E-state index in [-0.39, 0.29) is 12.5 Å². The number of carboxylic acid groups (broad SMARTS) is 1. The van der Waals surface area contributed by atoms with Gasteiger partial charge in [-0.1, -0.05) is 48.5 Å². The van der Waals surface area contributed by atoms with Crippen LogP contribution in [0.5, 0.6) is 0 Å². The van der Waals surface area contributed by atoms with Gasteiger partial charge < -0.3 is 31.1 Å². The van der Waals surface area contributed by atoms with Gasteiger partial charge in [-0.3, -0.25) is 19.2 Å². The number of hydrogen-bond donors (Lipinski definition) is 5. The summed E-state index contributed by atoms with van der Waals surface area (Å²) < 4.78 is 5.44. The van der Waals surface area contributed by atoms with Crippen molar-refractivity contribution in [3.8, 4) is 11.1 Å². The molecule has 3 rings (SSSR count). The molecular formula is C26H30N4O7. The molecule has 11 heteroatoms. The van der Waals surface area contributed by atoms with E-state index in [2.05, 4.69) is 21.3 Å². The summed E-state index contributed by atoms with van der Waals surface area (Å²) in [7, 11) is 0. The van der Waals surface area contributed by atoms with Crippen LogP contribution in [0.3, 0.4) is 0 Å². The maximum absolute atomic E-state index is 12.5. The Kier molecular flexibility index (Phi) is 8.83. The van der Waals surface area contributed by atoms with Crippen LogP contribution < -0.4 is 21.3 Å². The molecular weight excluding hydrogens is 480 g/mol. The van der Waals surface area contributed by atoms with Gasteiger partial charge in [0.1, 0.15) is 31.3 Å². The van der Waals surface area contributed by atoms with Crippen molar-refractivity contribution in [3.05, 3.63) is 59.7 Å². The second kappa shape index (κ2) is 12.0. The van der Waals surface area contributed by atoms with Crippen LogP contribution in [0.15, 0.2) is 48.5 Å². The maximum Gasteiger partial charge on any atom is 0.407 e. The molecule has 37 heavy (non-hydrogen) atoms. The van der Waals surface area contributed by atoms with Crippen LogP contribution in [-0.2, 0) is 23.9 Å². The number of aliphatic carboxylic acids is 1. The normalized spacial score (nSPS) is 14.2. The van der Waals surface area contributed by atoms with E-state index in [0.29, 0.717) is 0 Å². The molecule has 2 aromatic rings. The fourth-order valence-electron chi connectivity index (χ4n) is 4.01. The van der Waals surface area contributed by atoms with Gasteiger partial charge in [0.15, 0.2) is 0 Å². The zero-order valence-electron chi connectivity index (χ0n) is 20.7.